The first-order valence-electron chi connectivity index (χ1n) is 2.59. The van der Waals surface area contributed by atoms with Crippen LogP contribution in [0.3, 0.4) is 0 Å². The molecule has 48 valence electrons. The summed E-state index contributed by atoms with van der Waals surface area (Å²) in [6.07, 6.45) is 1.26. The van der Waals surface area contributed by atoms with Gasteiger partial charge in [-0.25, -0.2) is 0 Å². The van der Waals surface area contributed by atoms with Crippen molar-refractivity contribution in [2.45, 2.75) is 19.9 Å². The van der Waals surface area contributed by atoms with Gasteiger partial charge in [-0.2, -0.15) is 0 Å². The van der Waals surface area contributed by atoms with Crippen LogP contribution < -0.4 is 34.9 Å². The molecule has 9 heavy (non-hydrogen) atoms. The molecule has 0 aromatic heterocycles. The van der Waals surface area contributed by atoms with E-state index in [1.54, 1.807) is 0 Å². The average Bonchev–Trinajstić information content (AvgIpc) is 1.65. The van der Waals surface area contributed by atoms with Gasteiger partial charge < -0.3 is 6.74 Å². The Balaban J connectivity index is -0.000000245. The second kappa shape index (κ2) is 6.33. The molecule has 0 aliphatic heterocycles. The van der Waals surface area contributed by atoms with Gasteiger partial charge in [0.25, 0.3) is 0 Å². The van der Waals surface area contributed by atoms with Crippen molar-refractivity contribution in [3.05, 3.63) is 12.7 Å². The molecule has 0 bridgehead atoms. The second-order valence-corrected chi connectivity index (χ2v) is 1.87. The zero-order valence-electron chi connectivity index (χ0n) is 7.27. The molecule has 0 aromatic carbocycles. The molecule has 0 saturated heterocycles. The van der Waals surface area contributed by atoms with E-state index in [9.17, 15) is 4.79 Å². The first-order valence-corrected chi connectivity index (χ1v) is 2.59. The number of amides is 1. The minimum atomic E-state index is -0.111. The van der Waals surface area contributed by atoms with Crippen LogP contribution in [0.15, 0.2) is 12.7 Å². The van der Waals surface area contributed by atoms with E-state index in [4.69, 9.17) is 0 Å². The van der Waals surface area contributed by atoms with Crippen molar-refractivity contribution in [1.82, 2.24) is 5.32 Å². The van der Waals surface area contributed by atoms with Gasteiger partial charge in [-0.05, 0) is 19.9 Å². The third-order valence-electron chi connectivity index (χ3n) is 0.616. The summed E-state index contributed by atoms with van der Waals surface area (Å²) in [6.45, 7) is 7.11. The zero-order chi connectivity index (χ0) is 6.57. The SMILES string of the molecule is C=CC(=O)NC(C)C.[H-].[Na+]. The number of hydrogen-bond acceptors (Lipinski definition) is 1. The number of nitrogens with one attached hydrogen (secondary N) is 1. The molecule has 0 atom stereocenters. The summed E-state index contributed by atoms with van der Waals surface area (Å²) in [5, 5.41) is 2.64. The summed E-state index contributed by atoms with van der Waals surface area (Å²) in [5.41, 5.74) is 0. The Morgan fingerprint density at radius 2 is 2.22 bits per heavy atom. The van der Waals surface area contributed by atoms with Crippen molar-refractivity contribution >= 4 is 5.91 Å². The number of hydrogen-bond donors (Lipinski definition) is 1. The van der Waals surface area contributed by atoms with E-state index in [2.05, 4.69) is 11.9 Å². The van der Waals surface area contributed by atoms with Crippen LogP contribution in [0.25, 0.3) is 0 Å². The van der Waals surface area contributed by atoms with Gasteiger partial charge in [-0.15, -0.1) is 0 Å². The average molecular weight is 137 g/mol. The van der Waals surface area contributed by atoms with E-state index in [1.807, 2.05) is 13.8 Å². The van der Waals surface area contributed by atoms with Crippen molar-refractivity contribution < 1.29 is 35.8 Å². The molecular weight excluding hydrogens is 125 g/mol. The predicted molar refractivity (Wildman–Crippen MR) is 34.6 cm³/mol. The molecule has 1 amide bonds. The maximum absolute atomic E-state index is 10.4. The Morgan fingerprint density at radius 1 is 1.78 bits per heavy atom. The van der Waals surface area contributed by atoms with Crippen molar-refractivity contribution in [2.75, 3.05) is 0 Å². The van der Waals surface area contributed by atoms with Gasteiger partial charge in [-0.3, -0.25) is 4.79 Å². The maximum Gasteiger partial charge on any atom is 1.00 e. The molecule has 1 N–H and O–H groups in total. The molecule has 0 aliphatic rings. The smallest absolute Gasteiger partial charge is 1.00 e. The molecule has 2 nitrogen and oxygen atoms in total. The molecule has 0 unspecified atom stereocenters. The van der Waals surface area contributed by atoms with E-state index >= 15 is 0 Å². The Morgan fingerprint density at radius 3 is 2.33 bits per heavy atom. The van der Waals surface area contributed by atoms with Crippen LogP contribution in [0.4, 0.5) is 0 Å². The van der Waals surface area contributed by atoms with Gasteiger partial charge in [0, 0.05) is 6.04 Å². The predicted octanol–water partition coefficient (Wildman–Crippen LogP) is -2.19. The minimum absolute atomic E-state index is 0. The summed E-state index contributed by atoms with van der Waals surface area (Å²) in [7, 11) is 0. The second-order valence-electron chi connectivity index (χ2n) is 1.87. The van der Waals surface area contributed by atoms with Crippen LogP contribution in [0, 0.1) is 0 Å². The normalized spacial score (nSPS) is 7.89. The molecular formula is C6H12NNaO. The van der Waals surface area contributed by atoms with Crippen LogP contribution in [-0.2, 0) is 4.79 Å². The van der Waals surface area contributed by atoms with Crippen molar-refractivity contribution in [3.8, 4) is 0 Å². The Hall–Kier alpha value is 0.210. The van der Waals surface area contributed by atoms with Gasteiger partial charge in [0.1, 0.15) is 0 Å². The Kier molecular flexibility index (Phi) is 8.40. The van der Waals surface area contributed by atoms with Crippen LogP contribution >= 0.6 is 0 Å². The topological polar surface area (TPSA) is 29.1 Å². The molecule has 0 saturated carbocycles. The first kappa shape index (κ1) is 11.9. The molecule has 0 rings (SSSR count). The Bertz CT molecular complexity index is 106. The van der Waals surface area contributed by atoms with Crippen molar-refractivity contribution in [1.29, 1.82) is 0 Å². The van der Waals surface area contributed by atoms with Crippen molar-refractivity contribution in [2.24, 2.45) is 0 Å². The molecule has 0 spiro atoms. The fourth-order valence-electron chi connectivity index (χ4n) is 0.343. The summed E-state index contributed by atoms with van der Waals surface area (Å²) >= 11 is 0. The number of carbonyl (C=O) groups excluding carboxylic acids is 1. The molecule has 0 radical (unpaired) electrons. The standard InChI is InChI=1S/C6H11NO.Na.H/c1-4-6(8)7-5(2)3;;/h4-5H,1H2,2-3H3,(H,7,8);;/q;+1;-1. The third kappa shape index (κ3) is 8.21. The molecule has 3 heteroatoms. The molecule has 0 aromatic rings. The number of rotatable bonds is 2. The molecule has 0 fully saturated rings. The maximum atomic E-state index is 10.4. The Labute approximate surface area is 79.5 Å². The fourth-order valence-corrected chi connectivity index (χ4v) is 0.343. The van der Waals surface area contributed by atoms with E-state index in [0.29, 0.717) is 0 Å². The number of carbonyl (C=O) groups is 1. The molecule has 0 heterocycles. The van der Waals surface area contributed by atoms with Gasteiger partial charge in [-0.1, -0.05) is 6.58 Å². The van der Waals surface area contributed by atoms with Crippen LogP contribution in [0.1, 0.15) is 15.3 Å². The van der Waals surface area contributed by atoms with Gasteiger partial charge in [0.15, 0.2) is 0 Å². The molecule has 0 aliphatic carbocycles. The summed E-state index contributed by atoms with van der Waals surface area (Å²) in [6, 6.07) is 0.209. The fraction of sp³-hybridized carbons (Fsp3) is 0.500. The van der Waals surface area contributed by atoms with Gasteiger partial charge >= 0.3 is 29.6 Å². The summed E-state index contributed by atoms with van der Waals surface area (Å²) in [5.74, 6) is -0.111. The first-order chi connectivity index (χ1) is 3.66. The van der Waals surface area contributed by atoms with E-state index in [1.165, 1.54) is 6.08 Å². The van der Waals surface area contributed by atoms with Gasteiger partial charge in [0.2, 0.25) is 5.91 Å². The van der Waals surface area contributed by atoms with Crippen LogP contribution in [0.2, 0.25) is 0 Å². The third-order valence-corrected chi connectivity index (χ3v) is 0.616. The van der Waals surface area contributed by atoms with Crippen LogP contribution in [0.5, 0.6) is 0 Å². The van der Waals surface area contributed by atoms with E-state index < -0.39 is 0 Å². The van der Waals surface area contributed by atoms with Crippen molar-refractivity contribution in [3.63, 3.8) is 0 Å². The zero-order valence-corrected chi connectivity index (χ0v) is 8.27. The van der Waals surface area contributed by atoms with Gasteiger partial charge in [0.05, 0.1) is 0 Å². The largest absolute Gasteiger partial charge is 1.00 e. The minimum Gasteiger partial charge on any atom is -1.00 e. The summed E-state index contributed by atoms with van der Waals surface area (Å²) < 4.78 is 0. The van der Waals surface area contributed by atoms with E-state index in [0.717, 1.165) is 0 Å². The monoisotopic (exact) mass is 137 g/mol. The van der Waals surface area contributed by atoms with Crippen LogP contribution in [-0.4, -0.2) is 11.9 Å². The summed E-state index contributed by atoms with van der Waals surface area (Å²) in [4.78, 5) is 10.4. The van der Waals surface area contributed by atoms with E-state index in [-0.39, 0.29) is 42.9 Å². The quantitative estimate of drug-likeness (QED) is 0.340.